The molecule has 128 valence electrons. The van der Waals surface area contributed by atoms with Crippen molar-refractivity contribution >= 4 is 48.9 Å². The summed E-state index contributed by atoms with van der Waals surface area (Å²) >= 11 is 1.21. The molecule has 7 unspecified atom stereocenters. The maximum atomic E-state index is 13.1. The Morgan fingerprint density at radius 3 is 2.30 bits per heavy atom. The van der Waals surface area contributed by atoms with E-state index in [1.165, 1.54) is 25.7 Å². The van der Waals surface area contributed by atoms with Crippen LogP contribution in [0.5, 0.6) is 0 Å². The number of ether oxygens (including phenoxy) is 1. The van der Waals surface area contributed by atoms with Gasteiger partial charge < -0.3 is 0 Å². The zero-order valence-electron chi connectivity index (χ0n) is 13.6. The molecule has 0 amide bonds. The summed E-state index contributed by atoms with van der Waals surface area (Å²) < 4.78 is 13.0. The van der Waals surface area contributed by atoms with Crippen molar-refractivity contribution < 1.29 is 9.53 Å². The molecule has 6 heteroatoms. The summed E-state index contributed by atoms with van der Waals surface area (Å²) in [5.74, 6) is 5.03. The number of alkyl halides is 2. The van der Waals surface area contributed by atoms with E-state index in [1.54, 1.807) is 0 Å². The van der Waals surface area contributed by atoms with Crippen molar-refractivity contribution in [3.63, 3.8) is 0 Å². The normalized spacial score (nSPS) is 56.4. The molecule has 2 saturated heterocycles. The molecule has 7 atom stereocenters. The van der Waals surface area contributed by atoms with Crippen molar-refractivity contribution in [1.82, 2.24) is 7.06 Å². The van der Waals surface area contributed by atoms with Crippen LogP contribution < -0.4 is 7.06 Å². The van der Waals surface area contributed by atoms with Crippen molar-refractivity contribution in [2.75, 3.05) is 0 Å². The van der Waals surface area contributed by atoms with Crippen LogP contribution in [-0.4, -0.2) is 18.7 Å². The molecule has 4 aliphatic carbocycles. The predicted molar refractivity (Wildman–Crippen MR) is 104 cm³/mol. The summed E-state index contributed by atoms with van der Waals surface area (Å²) in [5, 5.41) is 0. The predicted octanol–water partition coefficient (Wildman–Crippen LogP) is 3.38. The Balaban J connectivity index is 1.29. The third kappa shape index (κ3) is 1.52. The second kappa shape index (κ2) is 4.22. The second-order valence-electron chi connectivity index (χ2n) is 8.77. The summed E-state index contributed by atoms with van der Waals surface area (Å²) in [4.78, 5) is 13.1. The van der Waals surface area contributed by atoms with E-state index < -0.39 is 23.8 Å². The third-order valence-electron chi connectivity index (χ3n) is 8.27. The van der Waals surface area contributed by atoms with E-state index in [2.05, 4.69) is 43.5 Å². The molecule has 0 aromatic rings. The van der Waals surface area contributed by atoms with Crippen LogP contribution in [-0.2, 0) is 9.53 Å². The molecule has 6 aliphatic rings. The molecular weight excluding hydrogens is 518 g/mol. The van der Waals surface area contributed by atoms with Gasteiger partial charge in [-0.25, -0.2) is 0 Å². The Hall–Kier alpha value is 0.850. The summed E-state index contributed by atoms with van der Waals surface area (Å²) in [6.07, 6.45) is 6.71. The number of hydrogen-bond donors (Lipinski definition) is 2. The Kier molecular flexibility index (Phi) is 2.74. The molecular formula is C17H24I2N2O2. The van der Waals surface area contributed by atoms with Gasteiger partial charge in [-0.05, 0) is 0 Å². The number of fused-ring (bicyclic) bond motifs is 10. The Morgan fingerprint density at radius 1 is 1.26 bits per heavy atom. The molecule has 0 aromatic heterocycles. The first-order chi connectivity index (χ1) is 10.9. The molecule has 6 fully saturated rings. The zero-order chi connectivity index (χ0) is 15.8. The van der Waals surface area contributed by atoms with Crippen LogP contribution in [0.25, 0.3) is 0 Å². The standard InChI is InChI=1S/C17H24I2N2O2/c1-3-16(23-14(22)15(2,18)17-19(20-17)21-17)10-7-11(16)13-9-5-4-8(6-9)12(10)13/h8-13,20-21H,3-7H2,1-2H3. The van der Waals surface area contributed by atoms with Gasteiger partial charge in [0.1, 0.15) is 0 Å². The fraction of sp³-hybridized carbons (Fsp3) is 0.941. The van der Waals surface area contributed by atoms with Crippen molar-refractivity contribution in [3.05, 3.63) is 0 Å². The number of carbonyl (C=O) groups is 1. The van der Waals surface area contributed by atoms with Gasteiger partial charge in [0.05, 0.1) is 0 Å². The van der Waals surface area contributed by atoms with Gasteiger partial charge in [0.2, 0.25) is 0 Å². The summed E-state index contributed by atoms with van der Waals surface area (Å²) in [6.45, 7) is 4.32. The number of halogens is 2. The first-order valence-corrected chi connectivity index (χ1v) is 13.4. The van der Waals surface area contributed by atoms with Crippen molar-refractivity contribution in [3.8, 4) is 0 Å². The van der Waals surface area contributed by atoms with Crippen LogP contribution >= 0.6 is 43.0 Å². The van der Waals surface area contributed by atoms with E-state index >= 15 is 0 Å². The molecule has 23 heavy (non-hydrogen) atoms. The minimum absolute atomic E-state index is 0.0127. The molecule has 4 nitrogen and oxygen atoms in total. The quantitative estimate of drug-likeness (QED) is 0.109. The first-order valence-electron chi connectivity index (χ1n) is 9.12. The van der Waals surface area contributed by atoms with Crippen LogP contribution in [0.4, 0.5) is 0 Å². The number of nitrogens with one attached hydrogen (secondary N) is 2. The molecule has 6 rings (SSSR count). The van der Waals surface area contributed by atoms with Gasteiger partial charge in [-0.3, -0.25) is 0 Å². The monoisotopic (exact) mass is 542 g/mol. The van der Waals surface area contributed by atoms with Gasteiger partial charge in [-0.1, -0.05) is 0 Å². The Bertz CT molecular complexity index is 596. The average Bonchev–Trinajstić information content (AvgIpc) is 3.09. The second-order valence-corrected chi connectivity index (χ2v) is 15.2. The fourth-order valence-electron chi connectivity index (χ4n) is 7.06. The molecule has 0 radical (unpaired) electrons. The average molecular weight is 542 g/mol. The molecule has 2 aliphatic heterocycles. The van der Waals surface area contributed by atoms with Gasteiger partial charge in [0, 0.05) is 0 Å². The molecule has 2 heterocycles. The van der Waals surface area contributed by atoms with Gasteiger partial charge in [-0.15, -0.1) is 0 Å². The molecule has 0 spiro atoms. The van der Waals surface area contributed by atoms with E-state index in [4.69, 9.17) is 4.74 Å². The van der Waals surface area contributed by atoms with Crippen molar-refractivity contribution in [1.29, 1.82) is 0 Å². The van der Waals surface area contributed by atoms with E-state index in [9.17, 15) is 4.79 Å². The van der Waals surface area contributed by atoms with Crippen LogP contribution in [0, 0.1) is 35.5 Å². The first kappa shape index (κ1) is 15.0. The van der Waals surface area contributed by atoms with E-state index in [0.29, 0.717) is 11.8 Å². The number of rotatable bonds is 4. The summed E-state index contributed by atoms with van der Waals surface area (Å²) in [7, 11) is 0. The Labute approximate surface area is 158 Å². The van der Waals surface area contributed by atoms with Gasteiger partial charge in [-0.2, -0.15) is 0 Å². The maximum absolute atomic E-state index is 13.1. The molecule has 4 saturated carbocycles. The van der Waals surface area contributed by atoms with Crippen molar-refractivity contribution in [2.24, 2.45) is 35.5 Å². The molecule has 2 N–H and O–H groups in total. The van der Waals surface area contributed by atoms with E-state index in [-0.39, 0.29) is 15.2 Å². The minimum atomic E-state index is -1.13. The summed E-state index contributed by atoms with van der Waals surface area (Å²) in [5.41, 5.74) is -0.112. The number of esters is 1. The van der Waals surface area contributed by atoms with E-state index in [1.807, 2.05) is 0 Å². The Morgan fingerprint density at radius 2 is 1.83 bits per heavy atom. The van der Waals surface area contributed by atoms with Gasteiger partial charge >= 0.3 is 160 Å². The number of hydrogen-bond acceptors (Lipinski definition) is 4. The molecule has 0 aromatic carbocycles. The SMILES string of the molecule is CCC1(OC(=O)C(C)(I)C23NI2N3)C2CC1C1C3CCC(C3)C12. The summed E-state index contributed by atoms with van der Waals surface area (Å²) in [6, 6.07) is 0. The fourth-order valence-corrected chi connectivity index (χ4v) is 14.8. The van der Waals surface area contributed by atoms with Crippen LogP contribution in [0.2, 0.25) is 0 Å². The molecule has 4 bridgehead atoms. The topological polar surface area (TPSA) is 70.2 Å². The zero-order valence-corrected chi connectivity index (χ0v) is 17.9. The van der Waals surface area contributed by atoms with Gasteiger partial charge in [0.25, 0.3) is 0 Å². The van der Waals surface area contributed by atoms with Crippen LogP contribution in [0.3, 0.4) is 0 Å². The van der Waals surface area contributed by atoms with Crippen LogP contribution in [0.1, 0.15) is 46.0 Å². The van der Waals surface area contributed by atoms with Crippen molar-refractivity contribution in [2.45, 2.75) is 58.6 Å². The van der Waals surface area contributed by atoms with Gasteiger partial charge in [0.15, 0.2) is 0 Å². The van der Waals surface area contributed by atoms with E-state index in [0.717, 1.165) is 30.1 Å². The van der Waals surface area contributed by atoms with Crippen LogP contribution in [0.15, 0.2) is 0 Å². The third-order valence-corrected chi connectivity index (χ3v) is 15.4. The number of carbonyl (C=O) groups excluding carboxylic acids is 1.